The number of halogens is 2. The molecule has 0 aliphatic carbocycles. The van der Waals surface area contributed by atoms with Crippen LogP contribution in [0.4, 0.5) is 15.0 Å². The van der Waals surface area contributed by atoms with E-state index in [-0.39, 0.29) is 28.6 Å². The van der Waals surface area contributed by atoms with Crippen molar-refractivity contribution >= 4 is 35.0 Å². The lowest BCUT2D eigenvalue weighted by Crippen LogP contribution is -2.39. The molecular weight excluding hydrogens is 529 g/mol. The maximum atomic E-state index is 15.3. The predicted molar refractivity (Wildman–Crippen MR) is 137 cm³/mol. The number of ether oxygens (including phenoxy) is 1. The van der Waals surface area contributed by atoms with Crippen molar-refractivity contribution in [2.75, 3.05) is 12.4 Å². The Morgan fingerprint density at radius 1 is 1.21 bits per heavy atom. The lowest BCUT2D eigenvalue weighted by Gasteiger charge is -2.33. The number of nitrogens with one attached hydrogen (secondary N) is 2. The summed E-state index contributed by atoms with van der Waals surface area (Å²) in [7, 11) is 1.27. The van der Waals surface area contributed by atoms with Gasteiger partial charge in [-0.3, -0.25) is 10.1 Å². The summed E-state index contributed by atoms with van der Waals surface area (Å²) in [6.45, 7) is 0. The minimum Gasteiger partial charge on any atom is -0.453 e. The Hall–Kier alpha value is -4.65. The van der Waals surface area contributed by atoms with Gasteiger partial charge in [0.1, 0.15) is 18.0 Å². The van der Waals surface area contributed by atoms with E-state index in [9.17, 15) is 9.59 Å². The number of benzene rings is 1. The second kappa shape index (κ2) is 9.91. The zero-order chi connectivity index (χ0) is 27.1. The molecule has 4 aromatic rings. The van der Waals surface area contributed by atoms with E-state index in [2.05, 4.69) is 40.5 Å². The molecule has 14 heteroatoms. The molecule has 0 saturated carbocycles. The van der Waals surface area contributed by atoms with Crippen molar-refractivity contribution in [3.05, 3.63) is 71.3 Å². The number of H-pyrrole nitrogens is 1. The molecule has 0 spiro atoms. The van der Waals surface area contributed by atoms with Crippen molar-refractivity contribution in [2.24, 2.45) is 0 Å². The second-order valence-corrected chi connectivity index (χ2v) is 9.51. The molecule has 1 unspecified atom stereocenters. The third kappa shape index (κ3) is 4.50. The van der Waals surface area contributed by atoms with Crippen LogP contribution >= 0.6 is 11.6 Å². The highest BCUT2D eigenvalue weighted by atomic mass is 35.5. The van der Waals surface area contributed by atoms with Crippen molar-refractivity contribution in [2.45, 2.75) is 31.3 Å². The zero-order valence-corrected chi connectivity index (χ0v) is 21.3. The van der Waals surface area contributed by atoms with Crippen LogP contribution < -0.4 is 5.32 Å². The Bertz CT molecular complexity index is 1590. The molecule has 0 bridgehead atoms. The fraction of sp³-hybridized carbons (Fsp3) is 0.240. The fourth-order valence-electron chi connectivity index (χ4n) is 5.14. The quantitative estimate of drug-likeness (QED) is 0.381. The number of fused-ring (bicyclic) bond motifs is 1. The van der Waals surface area contributed by atoms with Gasteiger partial charge >= 0.3 is 6.09 Å². The first-order valence-corrected chi connectivity index (χ1v) is 12.4. The number of tetrazole rings is 1. The number of pyridine rings is 1. The average molecular weight is 550 g/mol. The highest BCUT2D eigenvalue weighted by molar-refractivity contribution is 6.31. The maximum absolute atomic E-state index is 15.3. The molecule has 0 radical (unpaired) electrons. The molecule has 6 rings (SSSR count). The summed E-state index contributed by atoms with van der Waals surface area (Å²) >= 11 is 6.11. The van der Waals surface area contributed by atoms with E-state index in [1.54, 1.807) is 35.5 Å². The molecular formula is C25H21ClFN9O3. The minimum atomic E-state index is -0.621. The largest absolute Gasteiger partial charge is 0.453 e. The van der Waals surface area contributed by atoms with Gasteiger partial charge in [0.15, 0.2) is 5.82 Å². The zero-order valence-electron chi connectivity index (χ0n) is 20.5. The van der Waals surface area contributed by atoms with Gasteiger partial charge in [-0.25, -0.2) is 19.2 Å². The number of amides is 2. The summed E-state index contributed by atoms with van der Waals surface area (Å²) in [5.74, 6) is 0.148. The number of carbonyl (C=O) groups excluding carboxylic acids is 2. The van der Waals surface area contributed by atoms with Gasteiger partial charge in [0.25, 0.3) is 0 Å². The number of hydrogen-bond acceptors (Lipinski definition) is 8. The normalized spacial score (nSPS) is 18.6. The molecule has 3 aromatic heterocycles. The molecule has 5 heterocycles. The van der Waals surface area contributed by atoms with Crippen LogP contribution in [0.2, 0.25) is 5.02 Å². The van der Waals surface area contributed by atoms with Crippen LogP contribution in [0, 0.1) is 5.82 Å². The van der Waals surface area contributed by atoms with Gasteiger partial charge < -0.3 is 14.6 Å². The van der Waals surface area contributed by atoms with E-state index >= 15 is 4.39 Å². The van der Waals surface area contributed by atoms with Crippen molar-refractivity contribution in [3.63, 3.8) is 0 Å². The molecule has 1 aromatic carbocycles. The van der Waals surface area contributed by atoms with E-state index < -0.39 is 11.9 Å². The number of aromatic nitrogens is 7. The van der Waals surface area contributed by atoms with Crippen molar-refractivity contribution in [1.29, 1.82) is 0 Å². The summed E-state index contributed by atoms with van der Waals surface area (Å²) < 4.78 is 21.2. The summed E-state index contributed by atoms with van der Waals surface area (Å²) in [6.07, 6.45) is 7.36. The smallest absolute Gasteiger partial charge is 0.412 e. The van der Waals surface area contributed by atoms with Crippen LogP contribution in [-0.4, -0.2) is 65.2 Å². The number of aromatic amines is 1. The molecule has 2 N–H and O–H groups in total. The lowest BCUT2D eigenvalue weighted by atomic mass is 9.92. The molecule has 2 atom stereocenters. The number of imidazole rings is 1. The number of hydrogen-bond donors (Lipinski definition) is 2. The number of nitrogens with zero attached hydrogens (tertiary/aromatic N) is 7. The Balaban J connectivity index is 1.25. The van der Waals surface area contributed by atoms with E-state index in [0.29, 0.717) is 35.7 Å². The molecule has 2 aliphatic heterocycles. The second-order valence-electron chi connectivity index (χ2n) is 9.11. The molecule has 12 nitrogen and oxygen atoms in total. The van der Waals surface area contributed by atoms with Crippen LogP contribution in [-0.2, 0) is 9.53 Å². The third-order valence-electron chi connectivity index (χ3n) is 6.90. The van der Waals surface area contributed by atoms with Gasteiger partial charge in [-0.1, -0.05) is 11.6 Å². The molecule has 1 fully saturated rings. The van der Waals surface area contributed by atoms with Crippen LogP contribution in [0.1, 0.15) is 36.7 Å². The number of methoxy groups -OCH3 is 1. The van der Waals surface area contributed by atoms with E-state index in [1.165, 1.54) is 30.3 Å². The Kier molecular flexibility index (Phi) is 6.27. The fourth-order valence-corrected chi connectivity index (χ4v) is 5.30. The van der Waals surface area contributed by atoms with Gasteiger partial charge in [-0.2, -0.15) is 4.68 Å². The van der Waals surface area contributed by atoms with Gasteiger partial charge in [0.2, 0.25) is 5.91 Å². The van der Waals surface area contributed by atoms with Gasteiger partial charge in [-0.15, -0.1) is 5.10 Å². The van der Waals surface area contributed by atoms with Crippen molar-refractivity contribution < 1.29 is 18.7 Å². The van der Waals surface area contributed by atoms with E-state index in [4.69, 9.17) is 11.6 Å². The summed E-state index contributed by atoms with van der Waals surface area (Å²) in [5, 5.41) is 13.6. The van der Waals surface area contributed by atoms with Crippen LogP contribution in [0.15, 0.2) is 49.1 Å². The van der Waals surface area contributed by atoms with E-state index in [1.807, 2.05) is 0 Å². The molecule has 39 heavy (non-hydrogen) atoms. The SMILES string of the molecule is COC(=O)Nc1ccc(-c2cnc([C@@H]3CCC4CC(c5c(-n6cnnn6)ccc(Cl)c5F)=CC(=O)N43)[nH]2)cn1. The molecule has 1 saturated heterocycles. The van der Waals surface area contributed by atoms with Crippen molar-refractivity contribution in [1.82, 2.24) is 40.1 Å². The van der Waals surface area contributed by atoms with E-state index in [0.717, 1.165) is 17.7 Å². The highest BCUT2D eigenvalue weighted by Gasteiger charge is 2.42. The topological polar surface area (TPSA) is 144 Å². The first kappa shape index (κ1) is 24.7. The number of carbonyl (C=O) groups is 2. The molecule has 2 amide bonds. The Morgan fingerprint density at radius 2 is 2.08 bits per heavy atom. The first-order valence-electron chi connectivity index (χ1n) is 12.0. The first-order chi connectivity index (χ1) is 18.9. The van der Waals surface area contributed by atoms with Gasteiger partial charge in [-0.05, 0) is 59.5 Å². The maximum Gasteiger partial charge on any atom is 0.412 e. The average Bonchev–Trinajstić information content (AvgIpc) is 3.71. The highest BCUT2D eigenvalue weighted by Crippen LogP contribution is 2.44. The summed E-state index contributed by atoms with van der Waals surface area (Å²) in [6, 6.07) is 6.11. The Morgan fingerprint density at radius 3 is 2.82 bits per heavy atom. The van der Waals surface area contributed by atoms with Crippen LogP contribution in [0.5, 0.6) is 0 Å². The van der Waals surface area contributed by atoms with Gasteiger partial charge in [0.05, 0.1) is 35.8 Å². The third-order valence-corrected chi connectivity index (χ3v) is 7.19. The lowest BCUT2D eigenvalue weighted by molar-refractivity contribution is -0.129. The predicted octanol–water partition coefficient (Wildman–Crippen LogP) is 3.94. The molecule has 198 valence electrons. The number of rotatable bonds is 5. The summed E-state index contributed by atoms with van der Waals surface area (Å²) in [4.78, 5) is 38.7. The van der Waals surface area contributed by atoms with Gasteiger partial charge in [0, 0.05) is 29.4 Å². The van der Waals surface area contributed by atoms with Crippen LogP contribution in [0.25, 0.3) is 22.5 Å². The van der Waals surface area contributed by atoms with Crippen LogP contribution in [0.3, 0.4) is 0 Å². The van der Waals surface area contributed by atoms with Crippen molar-refractivity contribution in [3.8, 4) is 16.9 Å². The standard InChI is InChI=1S/C25H21ClFN9O3/c1-39-25(38)32-20-7-2-13(10-28-20)17-11-29-24(31-17)19-5-3-15-8-14(9-21(37)36(15)19)22-18(35-12-30-33-34-35)6-4-16(26)23(22)27/h2,4,6-7,9-12,15,19H,3,5,8H2,1H3,(H,29,31)(H,28,32,38)/t15?,19-/m0/s1. The number of anilines is 1. The Labute approximate surface area is 225 Å². The summed E-state index contributed by atoms with van der Waals surface area (Å²) in [5.41, 5.74) is 2.64. The monoisotopic (exact) mass is 549 g/mol. The minimum absolute atomic E-state index is 0.0476. The molecule has 2 aliphatic rings.